The number of ether oxygens (including phenoxy) is 2. The molecule has 0 bridgehead atoms. The molecule has 1 fully saturated rings. The number of alkyl halides is 2. The number of rotatable bonds is 6. The summed E-state index contributed by atoms with van der Waals surface area (Å²) in [5.74, 6) is 0.770. The van der Waals surface area contributed by atoms with Gasteiger partial charge in [-0.15, -0.1) is 23.2 Å². The first-order valence-electron chi connectivity index (χ1n) is 14.9. The van der Waals surface area contributed by atoms with Gasteiger partial charge in [0.2, 0.25) is 0 Å². The molecular weight excluding hydrogens is 670 g/mol. The molecule has 0 aliphatic carbocycles. The number of piperidine rings is 1. The molecule has 2 aromatic rings. The molecule has 2 aromatic carbocycles. The van der Waals surface area contributed by atoms with Gasteiger partial charge in [-0.25, -0.2) is 9.59 Å². The van der Waals surface area contributed by atoms with Gasteiger partial charge in [-0.3, -0.25) is 0 Å². The van der Waals surface area contributed by atoms with E-state index >= 15 is 0 Å². The summed E-state index contributed by atoms with van der Waals surface area (Å²) in [4.78, 5) is 26.8. The summed E-state index contributed by atoms with van der Waals surface area (Å²) < 4.78 is 10.6. The Labute approximate surface area is 294 Å². The zero-order valence-electron chi connectivity index (χ0n) is 27.4. The van der Waals surface area contributed by atoms with Gasteiger partial charge in [0.1, 0.15) is 11.2 Å². The van der Waals surface area contributed by atoms with Crippen LogP contribution in [0, 0.1) is 22.7 Å². The van der Waals surface area contributed by atoms with E-state index in [4.69, 9.17) is 61.1 Å². The molecule has 1 aliphatic heterocycles. The van der Waals surface area contributed by atoms with Crippen molar-refractivity contribution in [2.45, 2.75) is 77.4 Å². The minimum absolute atomic E-state index is 0.321. The average Bonchev–Trinajstić information content (AvgIpc) is 2.97. The zero-order valence-corrected chi connectivity index (χ0v) is 30.4. The molecule has 2 amide bonds. The van der Waals surface area contributed by atoms with Crippen LogP contribution in [0.1, 0.15) is 65.5 Å². The third kappa shape index (κ3) is 14.7. The van der Waals surface area contributed by atoms with Crippen molar-refractivity contribution in [1.82, 2.24) is 9.80 Å². The highest BCUT2D eigenvalue weighted by Gasteiger charge is 2.39. The summed E-state index contributed by atoms with van der Waals surface area (Å²) in [7, 11) is 0. The van der Waals surface area contributed by atoms with Crippen LogP contribution in [0.2, 0.25) is 10.0 Å². The van der Waals surface area contributed by atoms with Crippen LogP contribution in [0.5, 0.6) is 0 Å². The first-order valence-corrected chi connectivity index (χ1v) is 16.7. The molecule has 3 rings (SSSR count). The number of benzene rings is 2. The van der Waals surface area contributed by atoms with Gasteiger partial charge < -0.3 is 19.3 Å². The van der Waals surface area contributed by atoms with Crippen molar-refractivity contribution in [3.8, 4) is 12.1 Å². The fourth-order valence-corrected chi connectivity index (χ4v) is 5.17. The molecule has 0 unspecified atom stereocenters. The van der Waals surface area contributed by atoms with E-state index < -0.39 is 16.6 Å². The molecule has 0 radical (unpaired) electrons. The number of likely N-dealkylation sites (tertiary alicyclic amines) is 1. The number of nitriles is 2. The summed E-state index contributed by atoms with van der Waals surface area (Å²) in [6.07, 6.45) is 0.829. The Morgan fingerprint density at radius 2 is 1.35 bits per heavy atom. The Morgan fingerprint density at radius 3 is 1.78 bits per heavy atom. The molecule has 1 saturated heterocycles. The Balaban J connectivity index is 0.000000378. The molecule has 0 N–H and O–H groups in total. The molecular formula is C34H44Cl4N4O4. The molecule has 8 nitrogen and oxygen atoms in total. The molecule has 12 heteroatoms. The minimum atomic E-state index is -0.628. The van der Waals surface area contributed by atoms with Crippen molar-refractivity contribution in [2.75, 3.05) is 37.9 Å². The monoisotopic (exact) mass is 712 g/mol. The Morgan fingerprint density at radius 1 is 0.848 bits per heavy atom. The number of hydrogen-bond acceptors (Lipinski definition) is 6. The quantitative estimate of drug-likeness (QED) is 0.276. The lowest BCUT2D eigenvalue weighted by Gasteiger charge is -2.38. The van der Waals surface area contributed by atoms with Crippen LogP contribution < -0.4 is 0 Å². The fraction of sp³-hybridized carbons (Fsp3) is 0.529. The number of carbonyl (C=O) groups excluding carboxylic acids is 2. The second kappa shape index (κ2) is 19.7. The van der Waals surface area contributed by atoms with Crippen LogP contribution in [0.25, 0.3) is 0 Å². The van der Waals surface area contributed by atoms with Gasteiger partial charge in [0, 0.05) is 48.0 Å². The van der Waals surface area contributed by atoms with Gasteiger partial charge in [-0.05, 0) is 77.6 Å². The number of carbonyl (C=O) groups is 2. The van der Waals surface area contributed by atoms with E-state index in [2.05, 4.69) is 6.07 Å². The van der Waals surface area contributed by atoms with Crippen LogP contribution in [0.15, 0.2) is 48.5 Å². The van der Waals surface area contributed by atoms with E-state index in [1.807, 2.05) is 84.0 Å². The standard InChI is InChI=1S/C17H21ClN2O2.C9H17Cl2NO2.C8H6ClN/c1-16(2,3)22-15(21)20-10-8-17(12-19,9-11-20)13-6-4-5-7-14(13)18;1-9(2,3)14-8(13)12(6-4-10)7-5-11;9-8-4-2-1-3-7(8)5-6-10/h4-7H,8-11H2,1-3H3;4-7H2,1-3H3;1-4H,5H2. The molecule has 0 aromatic heterocycles. The number of hydrogen-bond donors (Lipinski definition) is 0. The normalized spacial score (nSPS) is 13.8. The van der Waals surface area contributed by atoms with Crippen LogP contribution >= 0.6 is 46.4 Å². The topological polar surface area (TPSA) is 107 Å². The van der Waals surface area contributed by atoms with E-state index in [1.54, 1.807) is 17.0 Å². The lowest BCUT2D eigenvalue weighted by atomic mass is 9.74. The second-order valence-electron chi connectivity index (χ2n) is 12.4. The molecule has 0 spiro atoms. The van der Waals surface area contributed by atoms with E-state index in [0.717, 1.165) is 11.1 Å². The summed E-state index contributed by atoms with van der Waals surface area (Å²) in [6, 6.07) is 19.3. The van der Waals surface area contributed by atoms with Gasteiger partial charge >= 0.3 is 12.2 Å². The highest BCUT2D eigenvalue weighted by Crippen LogP contribution is 2.38. The minimum Gasteiger partial charge on any atom is -0.444 e. The van der Waals surface area contributed by atoms with Gasteiger partial charge in [0.15, 0.2) is 0 Å². The number of amides is 2. The SMILES string of the molecule is CC(C)(C)OC(=O)N(CCCl)CCCl.CC(C)(C)OC(=O)N1CCC(C#N)(c2ccccc2Cl)CC1.N#CCc1ccccc1Cl. The van der Waals surface area contributed by atoms with Crippen molar-refractivity contribution in [3.05, 3.63) is 69.7 Å². The van der Waals surface area contributed by atoms with Gasteiger partial charge in [0.25, 0.3) is 0 Å². The molecule has 0 saturated carbocycles. The summed E-state index contributed by atoms with van der Waals surface area (Å²) in [6.45, 7) is 12.9. The summed E-state index contributed by atoms with van der Waals surface area (Å²) in [5.41, 5.74) is 0.128. The predicted octanol–water partition coefficient (Wildman–Crippen LogP) is 9.24. The smallest absolute Gasteiger partial charge is 0.410 e. The van der Waals surface area contributed by atoms with Gasteiger partial charge in [-0.1, -0.05) is 59.6 Å². The number of nitrogens with zero attached hydrogens (tertiary/aromatic N) is 4. The summed E-state index contributed by atoms with van der Waals surface area (Å²) >= 11 is 23.1. The van der Waals surface area contributed by atoms with Crippen LogP contribution in [0.4, 0.5) is 9.59 Å². The molecule has 1 aliphatic rings. The lowest BCUT2D eigenvalue weighted by Crippen LogP contribution is -2.46. The maximum absolute atomic E-state index is 12.1. The second-order valence-corrected chi connectivity index (χ2v) is 14.0. The van der Waals surface area contributed by atoms with Crippen molar-refractivity contribution in [3.63, 3.8) is 0 Å². The molecule has 252 valence electrons. The summed E-state index contributed by atoms with van der Waals surface area (Å²) in [5, 5.41) is 19.3. The maximum atomic E-state index is 12.1. The van der Waals surface area contributed by atoms with Gasteiger partial charge in [0.05, 0.1) is 24.0 Å². The third-order valence-electron chi connectivity index (χ3n) is 6.46. The Kier molecular flexibility index (Phi) is 17.6. The first-order chi connectivity index (χ1) is 21.5. The Hall–Kier alpha value is -2.88. The van der Waals surface area contributed by atoms with E-state index in [0.29, 0.717) is 67.2 Å². The Bertz CT molecular complexity index is 1330. The highest BCUT2D eigenvalue weighted by molar-refractivity contribution is 6.31. The van der Waals surface area contributed by atoms with Crippen LogP contribution in [-0.4, -0.2) is 71.1 Å². The van der Waals surface area contributed by atoms with Crippen molar-refractivity contribution in [2.24, 2.45) is 0 Å². The first kappa shape index (κ1) is 41.1. The van der Waals surface area contributed by atoms with E-state index in [-0.39, 0.29) is 12.2 Å². The third-order valence-corrected chi connectivity index (χ3v) is 7.50. The van der Waals surface area contributed by atoms with Crippen molar-refractivity contribution < 1.29 is 19.1 Å². The fourth-order valence-electron chi connectivity index (χ4n) is 4.24. The van der Waals surface area contributed by atoms with Crippen molar-refractivity contribution >= 4 is 58.6 Å². The zero-order chi connectivity index (χ0) is 35.0. The van der Waals surface area contributed by atoms with E-state index in [1.165, 1.54) is 4.90 Å². The molecule has 0 atom stereocenters. The molecule has 1 heterocycles. The van der Waals surface area contributed by atoms with E-state index in [9.17, 15) is 14.9 Å². The van der Waals surface area contributed by atoms with Crippen molar-refractivity contribution in [1.29, 1.82) is 10.5 Å². The predicted molar refractivity (Wildman–Crippen MR) is 186 cm³/mol. The number of halogens is 4. The van der Waals surface area contributed by atoms with Crippen LogP contribution in [0.3, 0.4) is 0 Å². The van der Waals surface area contributed by atoms with Gasteiger partial charge in [-0.2, -0.15) is 10.5 Å². The highest BCUT2D eigenvalue weighted by atomic mass is 35.5. The van der Waals surface area contributed by atoms with Crippen LogP contribution in [-0.2, 0) is 21.3 Å². The lowest BCUT2D eigenvalue weighted by molar-refractivity contribution is 0.0184. The maximum Gasteiger partial charge on any atom is 0.410 e. The average molecular weight is 715 g/mol. The molecule has 46 heavy (non-hydrogen) atoms. The largest absolute Gasteiger partial charge is 0.444 e.